The summed E-state index contributed by atoms with van der Waals surface area (Å²) in [5, 5.41) is 0. The Labute approximate surface area is 55.9 Å². The topological polar surface area (TPSA) is 41.6 Å². The van der Waals surface area contributed by atoms with Crippen LogP contribution in [0.3, 0.4) is 0 Å². The second-order valence-electron chi connectivity index (χ2n) is 1.82. The van der Waals surface area contributed by atoms with Crippen molar-refractivity contribution in [2.75, 3.05) is 14.1 Å². The lowest BCUT2D eigenvalue weighted by Crippen LogP contribution is -2.09. The zero-order valence-electron chi connectivity index (χ0n) is 6.13. The van der Waals surface area contributed by atoms with Crippen LogP contribution in [0.25, 0.3) is 0 Å². The number of nitrogens with zero attached hydrogens (tertiary/aromatic N) is 2. The smallest absolute Gasteiger partial charge is 0.125 e. The van der Waals surface area contributed by atoms with Gasteiger partial charge in [-0.15, -0.1) is 0 Å². The zero-order chi connectivity index (χ0) is 7.28. The highest BCUT2D eigenvalue weighted by Crippen LogP contribution is 1.96. The van der Waals surface area contributed by atoms with E-state index in [9.17, 15) is 0 Å². The summed E-state index contributed by atoms with van der Waals surface area (Å²) in [5.41, 5.74) is 5.08. The van der Waals surface area contributed by atoms with Crippen molar-refractivity contribution in [2.45, 2.75) is 6.92 Å². The maximum absolute atomic E-state index is 5.08. The van der Waals surface area contributed by atoms with Gasteiger partial charge in [0.25, 0.3) is 0 Å². The van der Waals surface area contributed by atoms with E-state index in [0.717, 1.165) is 5.82 Å². The first-order valence-electron chi connectivity index (χ1n) is 2.80. The molecule has 0 amide bonds. The first-order valence-corrected chi connectivity index (χ1v) is 2.80. The van der Waals surface area contributed by atoms with Crippen molar-refractivity contribution in [3.8, 4) is 0 Å². The maximum Gasteiger partial charge on any atom is 0.125 e. The van der Waals surface area contributed by atoms with E-state index in [0.29, 0.717) is 0 Å². The molecule has 0 heterocycles. The van der Waals surface area contributed by atoms with E-state index in [1.54, 1.807) is 0 Å². The highest BCUT2D eigenvalue weighted by Gasteiger charge is 1.89. The van der Waals surface area contributed by atoms with Crippen LogP contribution in [0.2, 0.25) is 0 Å². The van der Waals surface area contributed by atoms with Crippen LogP contribution in [0.4, 0.5) is 0 Å². The Hall–Kier alpha value is -0.990. The lowest BCUT2D eigenvalue weighted by molar-refractivity contribution is 0.506. The van der Waals surface area contributed by atoms with Gasteiger partial charge in [0.2, 0.25) is 0 Å². The SMILES string of the molecule is C/C=C(\N=C/N)N(C)C. The van der Waals surface area contributed by atoms with Gasteiger partial charge >= 0.3 is 0 Å². The van der Waals surface area contributed by atoms with Gasteiger partial charge in [-0.25, -0.2) is 4.99 Å². The van der Waals surface area contributed by atoms with Crippen LogP contribution in [0, 0.1) is 0 Å². The summed E-state index contributed by atoms with van der Waals surface area (Å²) in [6.07, 6.45) is 3.18. The fourth-order valence-electron chi connectivity index (χ4n) is 0.525. The average Bonchev–Trinajstić information content (AvgIpc) is 1.82. The molecule has 0 bridgehead atoms. The van der Waals surface area contributed by atoms with Gasteiger partial charge in [-0.2, -0.15) is 0 Å². The van der Waals surface area contributed by atoms with Crippen LogP contribution in [0.1, 0.15) is 6.92 Å². The van der Waals surface area contributed by atoms with Crippen molar-refractivity contribution in [1.82, 2.24) is 4.90 Å². The van der Waals surface area contributed by atoms with Crippen LogP contribution in [0.5, 0.6) is 0 Å². The fourth-order valence-corrected chi connectivity index (χ4v) is 0.525. The van der Waals surface area contributed by atoms with Crippen LogP contribution < -0.4 is 5.73 Å². The largest absolute Gasteiger partial charge is 0.390 e. The van der Waals surface area contributed by atoms with Gasteiger partial charge in [0.05, 0.1) is 6.34 Å². The molecule has 0 aromatic heterocycles. The molecule has 0 radical (unpaired) electrons. The third-order valence-electron chi connectivity index (χ3n) is 0.923. The third-order valence-corrected chi connectivity index (χ3v) is 0.923. The number of aliphatic imine (C=N–C) groups is 1. The van der Waals surface area contributed by atoms with E-state index in [1.807, 2.05) is 32.0 Å². The lowest BCUT2D eigenvalue weighted by Gasteiger charge is -2.10. The second kappa shape index (κ2) is 3.95. The summed E-state index contributed by atoms with van der Waals surface area (Å²) < 4.78 is 0. The van der Waals surface area contributed by atoms with Crippen LogP contribution in [-0.4, -0.2) is 25.3 Å². The van der Waals surface area contributed by atoms with Crippen LogP contribution in [-0.2, 0) is 0 Å². The fraction of sp³-hybridized carbons (Fsp3) is 0.500. The molecule has 0 aliphatic rings. The molecule has 52 valence electrons. The minimum Gasteiger partial charge on any atom is -0.390 e. The van der Waals surface area contributed by atoms with Gasteiger partial charge in [0.1, 0.15) is 5.82 Å². The average molecular weight is 127 g/mol. The molecule has 0 saturated heterocycles. The molecule has 9 heavy (non-hydrogen) atoms. The zero-order valence-corrected chi connectivity index (χ0v) is 6.13. The molecular weight excluding hydrogens is 114 g/mol. The minimum absolute atomic E-state index is 0.873. The van der Waals surface area contributed by atoms with Gasteiger partial charge in [0.15, 0.2) is 0 Å². The molecule has 0 aliphatic carbocycles. The Morgan fingerprint density at radius 3 is 2.22 bits per heavy atom. The van der Waals surface area contributed by atoms with E-state index < -0.39 is 0 Å². The van der Waals surface area contributed by atoms with Gasteiger partial charge in [-0.1, -0.05) is 0 Å². The van der Waals surface area contributed by atoms with Crippen molar-refractivity contribution >= 4 is 6.34 Å². The molecule has 0 saturated carbocycles. The summed E-state index contributed by atoms with van der Waals surface area (Å²) in [5.74, 6) is 0.873. The van der Waals surface area contributed by atoms with E-state index in [1.165, 1.54) is 6.34 Å². The summed E-state index contributed by atoms with van der Waals surface area (Å²) in [4.78, 5) is 5.77. The van der Waals surface area contributed by atoms with Crippen LogP contribution in [0.15, 0.2) is 16.9 Å². The van der Waals surface area contributed by atoms with E-state index in [-0.39, 0.29) is 0 Å². The Morgan fingerprint density at radius 2 is 2.11 bits per heavy atom. The number of allylic oxidation sites excluding steroid dienone is 1. The summed E-state index contributed by atoms with van der Waals surface area (Å²) in [6, 6.07) is 0. The van der Waals surface area contributed by atoms with Gasteiger partial charge in [-0.05, 0) is 13.0 Å². The van der Waals surface area contributed by atoms with Crippen molar-refractivity contribution in [3.63, 3.8) is 0 Å². The summed E-state index contributed by atoms with van der Waals surface area (Å²) >= 11 is 0. The van der Waals surface area contributed by atoms with Gasteiger partial charge < -0.3 is 10.6 Å². The summed E-state index contributed by atoms with van der Waals surface area (Å²) in [6.45, 7) is 1.92. The Bertz CT molecular complexity index is 124. The summed E-state index contributed by atoms with van der Waals surface area (Å²) in [7, 11) is 3.84. The number of rotatable bonds is 2. The lowest BCUT2D eigenvalue weighted by atomic mass is 10.6. The Kier molecular flexibility index (Phi) is 3.51. The number of hydrogen-bond acceptors (Lipinski definition) is 2. The number of nitrogens with two attached hydrogens (primary N) is 1. The minimum atomic E-state index is 0.873. The van der Waals surface area contributed by atoms with E-state index >= 15 is 0 Å². The highest BCUT2D eigenvalue weighted by molar-refractivity contribution is 5.53. The van der Waals surface area contributed by atoms with E-state index in [4.69, 9.17) is 5.73 Å². The van der Waals surface area contributed by atoms with Crippen molar-refractivity contribution < 1.29 is 0 Å². The molecule has 0 aromatic rings. The maximum atomic E-state index is 5.08. The molecule has 0 aromatic carbocycles. The molecule has 3 nitrogen and oxygen atoms in total. The molecule has 3 heteroatoms. The molecule has 0 atom stereocenters. The van der Waals surface area contributed by atoms with Crippen molar-refractivity contribution in [3.05, 3.63) is 11.9 Å². The first-order chi connectivity index (χ1) is 4.22. The Morgan fingerprint density at radius 1 is 1.56 bits per heavy atom. The standard InChI is InChI=1S/C6H13N3/c1-4-6(8-5-7)9(2)3/h4-5H,1-3H3,(H2,7,8)/b6-4+. The van der Waals surface area contributed by atoms with Crippen molar-refractivity contribution in [2.24, 2.45) is 10.7 Å². The molecule has 2 N–H and O–H groups in total. The normalized spacial score (nSPS) is 12.6. The number of hydrogen-bond donors (Lipinski definition) is 1. The highest BCUT2D eigenvalue weighted by atomic mass is 15.2. The van der Waals surface area contributed by atoms with Gasteiger partial charge in [0, 0.05) is 14.1 Å². The first kappa shape index (κ1) is 8.01. The molecule has 0 unspecified atom stereocenters. The molecule has 0 rings (SSSR count). The monoisotopic (exact) mass is 127 g/mol. The molecule has 0 aliphatic heterocycles. The quantitative estimate of drug-likeness (QED) is 0.431. The molecular formula is C6H13N3. The predicted octanol–water partition coefficient (Wildman–Crippen LogP) is 0.396. The van der Waals surface area contributed by atoms with Crippen molar-refractivity contribution in [1.29, 1.82) is 0 Å². The van der Waals surface area contributed by atoms with Crippen LogP contribution >= 0.6 is 0 Å². The predicted molar refractivity (Wildman–Crippen MR) is 40.1 cm³/mol. The molecule has 0 fully saturated rings. The van der Waals surface area contributed by atoms with E-state index in [2.05, 4.69) is 4.99 Å². The van der Waals surface area contributed by atoms with Gasteiger partial charge in [-0.3, -0.25) is 0 Å². The second-order valence-corrected chi connectivity index (χ2v) is 1.82. The Balaban J connectivity index is 4.01. The molecule has 0 spiro atoms. The third kappa shape index (κ3) is 2.74.